The van der Waals surface area contributed by atoms with E-state index in [1.807, 2.05) is 13.8 Å². The Morgan fingerprint density at radius 2 is 1.80 bits per heavy atom. The molecule has 1 fully saturated rings. The number of allylic oxidation sites excluding steroid dienone is 2. The maximum absolute atomic E-state index is 11.1. The molecule has 0 spiro atoms. The molecule has 5 heteroatoms. The molecule has 0 radical (unpaired) electrons. The van der Waals surface area contributed by atoms with E-state index in [4.69, 9.17) is 4.74 Å². The van der Waals surface area contributed by atoms with E-state index in [9.17, 15) is 20.1 Å². The highest BCUT2D eigenvalue weighted by Crippen LogP contribution is 2.48. The molecule has 5 nitrogen and oxygen atoms in total. The lowest BCUT2D eigenvalue weighted by molar-refractivity contribution is -0.152. The molecule has 0 aliphatic heterocycles. The molecule has 20 heavy (non-hydrogen) atoms. The van der Waals surface area contributed by atoms with Gasteiger partial charge in [-0.25, -0.2) is 0 Å². The van der Waals surface area contributed by atoms with Crippen molar-refractivity contribution in [3.63, 3.8) is 0 Å². The molecule has 1 rings (SSSR count). The average Bonchev–Trinajstić information content (AvgIpc) is 2.08. The predicted molar refractivity (Wildman–Crippen MR) is 75.2 cm³/mol. The molecule has 1 aliphatic carbocycles. The summed E-state index contributed by atoms with van der Waals surface area (Å²) in [5, 5.41) is 30.1. The molecule has 0 aromatic carbocycles. The Kier molecular flexibility index (Phi) is 4.54. The fourth-order valence-corrected chi connectivity index (χ4v) is 3.23. The Labute approximate surface area is 119 Å². The minimum Gasteiger partial charge on any atom is -0.512 e. The molecule has 0 heterocycles. The number of rotatable bonds is 2. The first-order valence-electron chi connectivity index (χ1n) is 6.67. The number of aliphatic hydroxyl groups is 3. The summed E-state index contributed by atoms with van der Waals surface area (Å²) in [5.41, 5.74) is -1.42. The second-order valence-corrected chi connectivity index (χ2v) is 6.34. The molecule has 3 N–H and O–H groups in total. The van der Waals surface area contributed by atoms with Crippen molar-refractivity contribution in [1.82, 2.24) is 0 Å². The van der Waals surface area contributed by atoms with Gasteiger partial charge in [0.1, 0.15) is 11.9 Å². The fraction of sp³-hybridized carbons (Fsp3) is 0.667. The quantitative estimate of drug-likeness (QED) is 0.536. The third-order valence-electron chi connectivity index (χ3n) is 3.51. The number of ether oxygens (including phenoxy) is 1. The van der Waals surface area contributed by atoms with Gasteiger partial charge in [0, 0.05) is 25.0 Å². The van der Waals surface area contributed by atoms with Crippen molar-refractivity contribution in [2.45, 2.75) is 59.2 Å². The first kappa shape index (κ1) is 16.6. The molecule has 114 valence electrons. The standard InChI is InChI=1S/C15H24O5/c1-9(16)6-12(18)13-14(3,4)7-11(20-10(2)17)8-15(13,5)19/h6,11,16,18-19H,7-8H2,1-5H3/b9-6-,13-12+. The summed E-state index contributed by atoms with van der Waals surface area (Å²) in [6.45, 7) is 8.09. The fourth-order valence-electron chi connectivity index (χ4n) is 3.23. The topological polar surface area (TPSA) is 87.0 Å². The molecule has 1 aliphatic rings. The summed E-state index contributed by atoms with van der Waals surface area (Å²) < 4.78 is 5.20. The Hall–Kier alpha value is -1.49. The number of esters is 1. The molecule has 0 amide bonds. The highest BCUT2D eigenvalue weighted by Gasteiger charge is 2.47. The Bertz CT molecular complexity index is 433. The van der Waals surface area contributed by atoms with Crippen molar-refractivity contribution >= 4 is 5.97 Å². The first-order valence-corrected chi connectivity index (χ1v) is 6.67. The number of carbonyl (C=O) groups is 1. The van der Waals surface area contributed by atoms with Crippen LogP contribution in [0.25, 0.3) is 0 Å². The van der Waals surface area contributed by atoms with E-state index in [0.29, 0.717) is 12.0 Å². The third kappa shape index (κ3) is 3.76. The third-order valence-corrected chi connectivity index (χ3v) is 3.51. The normalized spacial score (nSPS) is 32.7. The van der Waals surface area contributed by atoms with Crippen LogP contribution in [0.3, 0.4) is 0 Å². The Morgan fingerprint density at radius 3 is 2.20 bits per heavy atom. The zero-order valence-electron chi connectivity index (χ0n) is 12.7. The van der Waals surface area contributed by atoms with Crippen molar-refractivity contribution in [1.29, 1.82) is 0 Å². The number of aliphatic hydroxyl groups excluding tert-OH is 2. The molecule has 0 saturated heterocycles. The smallest absolute Gasteiger partial charge is 0.302 e. The lowest BCUT2D eigenvalue weighted by Crippen LogP contribution is -2.47. The zero-order valence-corrected chi connectivity index (χ0v) is 12.7. The van der Waals surface area contributed by atoms with Crippen LogP contribution in [0.15, 0.2) is 23.2 Å². The second-order valence-electron chi connectivity index (χ2n) is 6.34. The van der Waals surface area contributed by atoms with Crippen LogP contribution in [0, 0.1) is 5.41 Å². The monoisotopic (exact) mass is 284 g/mol. The number of carbonyl (C=O) groups excluding carboxylic acids is 1. The van der Waals surface area contributed by atoms with Gasteiger partial charge in [-0.2, -0.15) is 0 Å². The van der Waals surface area contributed by atoms with Crippen LogP contribution in [0.1, 0.15) is 47.5 Å². The minimum absolute atomic E-state index is 0.0382. The van der Waals surface area contributed by atoms with Crippen molar-refractivity contribution in [2.75, 3.05) is 0 Å². The van der Waals surface area contributed by atoms with Crippen LogP contribution < -0.4 is 0 Å². The van der Waals surface area contributed by atoms with E-state index in [1.54, 1.807) is 6.92 Å². The number of hydrogen-bond acceptors (Lipinski definition) is 5. The lowest BCUT2D eigenvalue weighted by atomic mass is 9.64. The van der Waals surface area contributed by atoms with Crippen LogP contribution in [0.5, 0.6) is 0 Å². The summed E-state index contributed by atoms with van der Waals surface area (Å²) in [6.07, 6.45) is 1.54. The van der Waals surface area contributed by atoms with Gasteiger partial charge >= 0.3 is 5.97 Å². The molecule has 2 unspecified atom stereocenters. The van der Waals surface area contributed by atoms with Gasteiger partial charge in [-0.05, 0) is 25.7 Å². The summed E-state index contributed by atoms with van der Waals surface area (Å²) in [7, 11) is 0. The van der Waals surface area contributed by atoms with Crippen molar-refractivity contribution in [2.24, 2.45) is 5.41 Å². The van der Waals surface area contributed by atoms with Gasteiger partial charge in [-0.3, -0.25) is 4.79 Å². The minimum atomic E-state index is -1.31. The maximum Gasteiger partial charge on any atom is 0.302 e. The molecular formula is C15H24O5. The van der Waals surface area contributed by atoms with Gasteiger partial charge in [0.15, 0.2) is 0 Å². The molecule has 0 bridgehead atoms. The highest BCUT2D eigenvalue weighted by molar-refractivity contribution is 5.66. The largest absolute Gasteiger partial charge is 0.512 e. The molecule has 0 aromatic rings. The van der Waals surface area contributed by atoms with Gasteiger partial charge in [0.2, 0.25) is 0 Å². The van der Waals surface area contributed by atoms with E-state index < -0.39 is 17.1 Å². The van der Waals surface area contributed by atoms with E-state index >= 15 is 0 Å². The van der Waals surface area contributed by atoms with E-state index in [2.05, 4.69) is 0 Å². The van der Waals surface area contributed by atoms with E-state index in [1.165, 1.54) is 19.9 Å². The Balaban J connectivity index is 3.22. The first-order chi connectivity index (χ1) is 8.95. The van der Waals surface area contributed by atoms with Gasteiger partial charge in [-0.15, -0.1) is 0 Å². The lowest BCUT2D eigenvalue weighted by Gasteiger charge is -2.45. The highest BCUT2D eigenvalue weighted by atomic mass is 16.5. The molecule has 0 aromatic heterocycles. The van der Waals surface area contributed by atoms with Crippen LogP contribution >= 0.6 is 0 Å². The van der Waals surface area contributed by atoms with Crippen molar-refractivity contribution in [3.05, 3.63) is 23.2 Å². The predicted octanol–water partition coefficient (Wildman–Crippen LogP) is 2.76. The van der Waals surface area contributed by atoms with Gasteiger partial charge < -0.3 is 20.1 Å². The SMILES string of the molecule is CC(=O)OC1CC(C)(C)/C(=C(O)/C=C(/C)O)C(C)(O)C1. The molecule has 2 atom stereocenters. The van der Waals surface area contributed by atoms with E-state index in [0.717, 1.165) is 0 Å². The molecular weight excluding hydrogens is 260 g/mol. The summed E-state index contributed by atoms with van der Waals surface area (Å²) in [6, 6.07) is 0. The van der Waals surface area contributed by atoms with Crippen LogP contribution in [-0.4, -0.2) is 33.0 Å². The summed E-state index contributed by atoms with van der Waals surface area (Å²) in [4.78, 5) is 11.1. The molecule has 1 saturated carbocycles. The Morgan fingerprint density at radius 1 is 1.25 bits per heavy atom. The number of hydrogen-bond donors (Lipinski definition) is 3. The zero-order chi connectivity index (χ0) is 15.7. The van der Waals surface area contributed by atoms with Gasteiger partial charge in [0.05, 0.1) is 11.4 Å². The van der Waals surface area contributed by atoms with E-state index in [-0.39, 0.29) is 23.9 Å². The van der Waals surface area contributed by atoms with Gasteiger partial charge in [-0.1, -0.05) is 13.8 Å². The van der Waals surface area contributed by atoms with Crippen molar-refractivity contribution in [3.8, 4) is 0 Å². The summed E-state index contributed by atoms with van der Waals surface area (Å²) >= 11 is 0. The maximum atomic E-state index is 11.1. The van der Waals surface area contributed by atoms with Gasteiger partial charge in [0.25, 0.3) is 0 Å². The summed E-state index contributed by atoms with van der Waals surface area (Å²) in [5.74, 6) is -0.561. The van der Waals surface area contributed by atoms with Crippen LogP contribution in [0.4, 0.5) is 0 Å². The van der Waals surface area contributed by atoms with Crippen LogP contribution in [0.2, 0.25) is 0 Å². The van der Waals surface area contributed by atoms with Crippen LogP contribution in [-0.2, 0) is 9.53 Å². The second kappa shape index (κ2) is 5.48. The van der Waals surface area contributed by atoms with Crippen molar-refractivity contribution < 1.29 is 24.9 Å². The average molecular weight is 284 g/mol.